The Morgan fingerprint density at radius 3 is 2.44 bits per heavy atom. The van der Waals surface area contributed by atoms with Crippen molar-refractivity contribution in [2.24, 2.45) is 0 Å². The number of hydrogen-bond acceptors (Lipinski definition) is 7. The van der Waals surface area contributed by atoms with Gasteiger partial charge in [-0.05, 0) is 30.7 Å². The predicted octanol–water partition coefficient (Wildman–Crippen LogP) is 3.47. The molecule has 0 bridgehead atoms. The molecule has 2 N–H and O–H groups in total. The molecule has 0 aliphatic carbocycles. The van der Waals surface area contributed by atoms with Crippen molar-refractivity contribution in [3.05, 3.63) is 45.0 Å². The number of rotatable bonds is 6. The lowest BCUT2D eigenvalue weighted by Gasteiger charge is -2.09. The van der Waals surface area contributed by atoms with Crippen LogP contribution in [0.4, 0.5) is 15.1 Å². The van der Waals surface area contributed by atoms with Gasteiger partial charge in [-0.25, -0.2) is 14.0 Å². The fourth-order valence-electron chi connectivity index (χ4n) is 2.22. The summed E-state index contributed by atoms with van der Waals surface area (Å²) in [6.07, 6.45) is 0. The minimum atomic E-state index is -0.691. The molecule has 7 nitrogen and oxygen atoms in total. The molecule has 1 aromatic heterocycles. The van der Waals surface area contributed by atoms with Crippen molar-refractivity contribution in [3.8, 4) is 0 Å². The number of thiophene rings is 1. The molecule has 0 atom stereocenters. The molecular formula is C17H16ClFN2O5S. The van der Waals surface area contributed by atoms with Crippen LogP contribution in [0.3, 0.4) is 0 Å². The summed E-state index contributed by atoms with van der Waals surface area (Å²) in [6.45, 7) is 1.36. The zero-order valence-electron chi connectivity index (χ0n) is 14.6. The first-order valence-corrected chi connectivity index (χ1v) is 8.76. The molecular weight excluding hydrogens is 399 g/mol. The van der Waals surface area contributed by atoms with E-state index in [1.165, 1.54) is 26.4 Å². The van der Waals surface area contributed by atoms with Crippen molar-refractivity contribution in [2.45, 2.75) is 6.92 Å². The van der Waals surface area contributed by atoms with Gasteiger partial charge in [-0.3, -0.25) is 4.79 Å². The number of nitrogens with one attached hydrogen (secondary N) is 2. The second kappa shape index (κ2) is 8.83. The highest BCUT2D eigenvalue weighted by atomic mass is 35.5. The highest BCUT2D eigenvalue weighted by Gasteiger charge is 2.26. The average Bonchev–Trinajstić information content (AvgIpc) is 2.95. The number of halogens is 2. The molecule has 2 aromatic rings. The molecule has 10 heteroatoms. The highest BCUT2D eigenvalue weighted by Crippen LogP contribution is 2.34. The van der Waals surface area contributed by atoms with Crippen LogP contribution in [0, 0.1) is 12.7 Å². The molecule has 27 heavy (non-hydrogen) atoms. The van der Waals surface area contributed by atoms with Crippen LogP contribution >= 0.6 is 22.9 Å². The number of benzene rings is 1. The van der Waals surface area contributed by atoms with Crippen LogP contribution in [-0.4, -0.2) is 38.6 Å². The maximum atomic E-state index is 13.1. The van der Waals surface area contributed by atoms with Crippen LogP contribution < -0.4 is 10.6 Å². The summed E-state index contributed by atoms with van der Waals surface area (Å²) in [5.41, 5.74) is 0.804. The topological polar surface area (TPSA) is 93.7 Å². The van der Waals surface area contributed by atoms with Gasteiger partial charge in [0, 0.05) is 0 Å². The summed E-state index contributed by atoms with van der Waals surface area (Å²) in [7, 11) is 2.41. The van der Waals surface area contributed by atoms with Crippen molar-refractivity contribution in [1.29, 1.82) is 0 Å². The largest absolute Gasteiger partial charge is 0.465 e. The molecule has 2 rings (SSSR count). The minimum absolute atomic E-state index is 0.0797. The maximum Gasteiger partial charge on any atom is 0.348 e. The zero-order valence-corrected chi connectivity index (χ0v) is 16.2. The number of anilines is 2. The summed E-state index contributed by atoms with van der Waals surface area (Å²) in [4.78, 5) is 36.3. The van der Waals surface area contributed by atoms with E-state index in [0.29, 0.717) is 11.3 Å². The lowest BCUT2D eigenvalue weighted by molar-refractivity contribution is -0.114. The van der Waals surface area contributed by atoms with Crippen molar-refractivity contribution < 1.29 is 28.2 Å². The van der Waals surface area contributed by atoms with Crippen molar-refractivity contribution in [2.75, 3.05) is 31.4 Å². The Bertz CT molecular complexity index is 900. The fraction of sp³-hybridized carbons (Fsp3) is 0.235. The van der Waals surface area contributed by atoms with Gasteiger partial charge in [-0.1, -0.05) is 11.6 Å². The second-order valence-electron chi connectivity index (χ2n) is 5.27. The third-order valence-corrected chi connectivity index (χ3v) is 5.03. The molecule has 0 fully saturated rings. The third kappa shape index (κ3) is 4.75. The normalized spacial score (nSPS) is 10.3. The molecule has 0 saturated carbocycles. The summed E-state index contributed by atoms with van der Waals surface area (Å²) >= 11 is 6.80. The predicted molar refractivity (Wildman–Crippen MR) is 100 cm³/mol. The molecule has 0 unspecified atom stereocenters. The minimum Gasteiger partial charge on any atom is -0.465 e. The number of esters is 2. The summed E-state index contributed by atoms with van der Waals surface area (Å²) in [6, 6.07) is 3.71. The zero-order chi connectivity index (χ0) is 20.1. The van der Waals surface area contributed by atoms with E-state index in [4.69, 9.17) is 16.3 Å². The van der Waals surface area contributed by atoms with Crippen LogP contribution in [-0.2, 0) is 14.3 Å². The quantitative estimate of drug-likeness (QED) is 0.703. The Hall–Kier alpha value is -2.65. The average molecular weight is 415 g/mol. The van der Waals surface area contributed by atoms with E-state index >= 15 is 0 Å². The van der Waals surface area contributed by atoms with Crippen molar-refractivity contribution >= 4 is 51.5 Å². The van der Waals surface area contributed by atoms with Crippen molar-refractivity contribution in [1.82, 2.24) is 0 Å². The van der Waals surface area contributed by atoms with Gasteiger partial charge in [-0.15, -0.1) is 11.3 Å². The number of ether oxygens (including phenoxy) is 2. The monoisotopic (exact) mass is 414 g/mol. The molecule has 0 aliphatic rings. The van der Waals surface area contributed by atoms with Gasteiger partial charge < -0.3 is 20.1 Å². The van der Waals surface area contributed by atoms with E-state index in [-0.39, 0.29) is 27.0 Å². The standard InChI is InChI=1S/C17H16ClFN2O5S/c1-8-13(16(23)25-2)15(27-14(8)17(24)26-3)21-12(22)7-20-11-5-4-9(19)6-10(11)18/h4-6,20H,7H2,1-3H3,(H,21,22). The Labute approximate surface area is 163 Å². The Morgan fingerprint density at radius 2 is 1.85 bits per heavy atom. The smallest absolute Gasteiger partial charge is 0.348 e. The SMILES string of the molecule is COC(=O)c1sc(NC(=O)CNc2ccc(F)cc2Cl)c(C(=O)OC)c1C. The van der Waals surface area contributed by atoms with E-state index in [9.17, 15) is 18.8 Å². The number of carbonyl (C=O) groups is 3. The van der Waals surface area contributed by atoms with Crippen LogP contribution in [0.1, 0.15) is 25.6 Å². The second-order valence-corrected chi connectivity index (χ2v) is 6.70. The molecule has 0 radical (unpaired) electrons. The Morgan fingerprint density at radius 1 is 1.19 bits per heavy atom. The Kier molecular flexibility index (Phi) is 6.75. The summed E-state index contributed by atoms with van der Waals surface area (Å²) in [5.74, 6) is -2.32. The number of amides is 1. The van der Waals surface area contributed by atoms with Crippen LogP contribution in [0.5, 0.6) is 0 Å². The molecule has 0 saturated heterocycles. The first kappa shape index (κ1) is 20.7. The van der Waals surface area contributed by atoms with Crippen LogP contribution in [0.25, 0.3) is 0 Å². The van der Waals surface area contributed by atoms with E-state index in [1.54, 1.807) is 6.92 Å². The van der Waals surface area contributed by atoms with E-state index in [0.717, 1.165) is 17.4 Å². The van der Waals surface area contributed by atoms with Gasteiger partial charge in [0.05, 0.1) is 37.0 Å². The maximum absolute atomic E-state index is 13.1. The Balaban J connectivity index is 2.18. The van der Waals surface area contributed by atoms with Gasteiger partial charge in [0.1, 0.15) is 15.7 Å². The summed E-state index contributed by atoms with van der Waals surface area (Å²) in [5, 5.41) is 5.61. The third-order valence-electron chi connectivity index (χ3n) is 3.53. The van der Waals surface area contributed by atoms with Gasteiger partial charge in [0.25, 0.3) is 0 Å². The van der Waals surface area contributed by atoms with Crippen molar-refractivity contribution in [3.63, 3.8) is 0 Å². The molecule has 1 amide bonds. The lowest BCUT2D eigenvalue weighted by Crippen LogP contribution is -2.22. The molecule has 1 aromatic carbocycles. The van der Waals surface area contributed by atoms with Gasteiger partial charge >= 0.3 is 11.9 Å². The van der Waals surface area contributed by atoms with Gasteiger partial charge in [0.15, 0.2) is 0 Å². The molecule has 1 heterocycles. The highest BCUT2D eigenvalue weighted by molar-refractivity contribution is 7.18. The molecule has 0 spiro atoms. The number of carbonyl (C=O) groups excluding carboxylic acids is 3. The lowest BCUT2D eigenvalue weighted by atomic mass is 10.1. The fourth-order valence-corrected chi connectivity index (χ4v) is 3.58. The summed E-state index contributed by atoms with van der Waals surface area (Å²) < 4.78 is 22.4. The first-order chi connectivity index (χ1) is 12.8. The van der Waals surface area contributed by atoms with Gasteiger partial charge in [0.2, 0.25) is 5.91 Å². The first-order valence-electron chi connectivity index (χ1n) is 7.57. The number of methoxy groups -OCH3 is 2. The molecule has 0 aliphatic heterocycles. The molecule has 144 valence electrons. The van der Waals surface area contributed by atoms with E-state index < -0.39 is 23.7 Å². The van der Waals surface area contributed by atoms with E-state index in [2.05, 4.69) is 15.4 Å². The van der Waals surface area contributed by atoms with Gasteiger partial charge in [-0.2, -0.15) is 0 Å². The van der Waals surface area contributed by atoms with Crippen LogP contribution in [0.2, 0.25) is 5.02 Å². The number of hydrogen-bond donors (Lipinski definition) is 2. The van der Waals surface area contributed by atoms with E-state index in [1.807, 2.05) is 0 Å². The van der Waals surface area contributed by atoms with Crippen LogP contribution in [0.15, 0.2) is 18.2 Å².